The van der Waals surface area contributed by atoms with Crippen molar-refractivity contribution in [3.63, 3.8) is 0 Å². The molecule has 2 rings (SSSR count). The maximum absolute atomic E-state index is 12.6. The highest BCUT2D eigenvalue weighted by Gasteiger charge is 2.43. The van der Waals surface area contributed by atoms with E-state index in [2.05, 4.69) is 10.6 Å². The van der Waals surface area contributed by atoms with E-state index in [1.54, 1.807) is 11.9 Å². The first kappa shape index (κ1) is 14.3. The fourth-order valence-electron chi connectivity index (χ4n) is 3.44. The minimum atomic E-state index is -0.0947. The number of fused-ring (bicyclic) bond motifs is 1. The van der Waals surface area contributed by atoms with E-state index in [9.17, 15) is 9.59 Å². The Bertz CT molecular complexity index is 346. The number of nitrogens with one attached hydrogen (secondary N) is 2. The molecule has 1 aliphatic carbocycles. The first-order valence-electron chi connectivity index (χ1n) is 7.40. The lowest BCUT2D eigenvalue weighted by molar-refractivity contribution is -0.138. The van der Waals surface area contributed by atoms with Crippen LogP contribution in [0.3, 0.4) is 0 Å². The van der Waals surface area contributed by atoms with Crippen LogP contribution in [-0.4, -0.2) is 49.4 Å². The van der Waals surface area contributed by atoms with Gasteiger partial charge < -0.3 is 15.5 Å². The van der Waals surface area contributed by atoms with Crippen LogP contribution in [0.15, 0.2) is 0 Å². The van der Waals surface area contributed by atoms with E-state index < -0.39 is 0 Å². The molecule has 2 fully saturated rings. The minimum Gasteiger partial charge on any atom is -0.358 e. The number of carbonyl (C=O) groups excluding carboxylic acids is 2. The summed E-state index contributed by atoms with van der Waals surface area (Å²) in [6.45, 7) is 3.83. The summed E-state index contributed by atoms with van der Waals surface area (Å²) in [6, 6.07) is -0.0660. The Kier molecular flexibility index (Phi) is 4.80. The summed E-state index contributed by atoms with van der Waals surface area (Å²) in [5, 5.41) is 5.96. The number of amides is 2. The highest BCUT2D eigenvalue weighted by atomic mass is 16.2. The Balaban J connectivity index is 2.00. The molecule has 0 aromatic heterocycles. The van der Waals surface area contributed by atoms with E-state index in [1.807, 2.05) is 6.92 Å². The number of rotatable bonds is 5. The minimum absolute atomic E-state index is 0.0660. The molecule has 0 radical (unpaired) electrons. The van der Waals surface area contributed by atoms with E-state index in [-0.39, 0.29) is 24.4 Å². The normalized spacial score (nSPS) is 29.1. The van der Waals surface area contributed by atoms with Crippen molar-refractivity contribution in [1.29, 1.82) is 0 Å². The van der Waals surface area contributed by atoms with Crippen LogP contribution < -0.4 is 10.6 Å². The molecule has 0 spiro atoms. The largest absolute Gasteiger partial charge is 0.358 e. The maximum Gasteiger partial charge on any atom is 0.240 e. The number of nitrogens with zero attached hydrogens (tertiary/aromatic N) is 1. The van der Waals surface area contributed by atoms with Crippen LogP contribution in [0.5, 0.6) is 0 Å². The molecule has 2 N–H and O–H groups in total. The van der Waals surface area contributed by atoms with Gasteiger partial charge in [0.05, 0.1) is 12.6 Å². The molecule has 0 aromatic carbocycles. The standard InChI is InChI=1S/C14H25N3O2/c1-3-7-17(9-12(18)15-2)14(19)13-11-6-4-5-10(11)8-16-13/h10-11,13,16H,3-9H2,1-2H3,(H,15,18). The predicted molar refractivity (Wildman–Crippen MR) is 73.6 cm³/mol. The Morgan fingerprint density at radius 2 is 2.16 bits per heavy atom. The SMILES string of the molecule is CCCN(CC(=O)NC)C(=O)C1NCC2CCCC21. The summed E-state index contributed by atoms with van der Waals surface area (Å²) in [4.78, 5) is 25.8. The third-order valence-corrected chi connectivity index (χ3v) is 4.43. The molecule has 2 amide bonds. The van der Waals surface area contributed by atoms with Crippen LogP contribution in [0.4, 0.5) is 0 Å². The van der Waals surface area contributed by atoms with Gasteiger partial charge in [0.1, 0.15) is 0 Å². The number of likely N-dealkylation sites (N-methyl/N-ethyl adjacent to an activating group) is 1. The van der Waals surface area contributed by atoms with E-state index in [1.165, 1.54) is 12.8 Å². The molecule has 108 valence electrons. The smallest absolute Gasteiger partial charge is 0.240 e. The third kappa shape index (κ3) is 3.08. The van der Waals surface area contributed by atoms with E-state index in [4.69, 9.17) is 0 Å². The van der Waals surface area contributed by atoms with Gasteiger partial charge in [0.2, 0.25) is 11.8 Å². The molecule has 1 saturated carbocycles. The second kappa shape index (κ2) is 6.37. The monoisotopic (exact) mass is 267 g/mol. The Morgan fingerprint density at radius 3 is 2.84 bits per heavy atom. The van der Waals surface area contributed by atoms with Crippen molar-refractivity contribution in [3.05, 3.63) is 0 Å². The van der Waals surface area contributed by atoms with E-state index >= 15 is 0 Å². The van der Waals surface area contributed by atoms with Gasteiger partial charge in [-0.15, -0.1) is 0 Å². The van der Waals surface area contributed by atoms with Crippen LogP contribution in [-0.2, 0) is 9.59 Å². The van der Waals surface area contributed by atoms with Gasteiger partial charge >= 0.3 is 0 Å². The lowest BCUT2D eigenvalue weighted by Gasteiger charge is -2.27. The summed E-state index contributed by atoms with van der Waals surface area (Å²) in [5.41, 5.74) is 0. The van der Waals surface area contributed by atoms with Crippen LogP contribution in [0, 0.1) is 11.8 Å². The van der Waals surface area contributed by atoms with E-state index in [0.29, 0.717) is 18.4 Å². The van der Waals surface area contributed by atoms with Crippen molar-refractivity contribution >= 4 is 11.8 Å². The van der Waals surface area contributed by atoms with Gasteiger partial charge in [0.25, 0.3) is 0 Å². The fourth-order valence-corrected chi connectivity index (χ4v) is 3.44. The first-order chi connectivity index (χ1) is 9.17. The number of hydrogen-bond donors (Lipinski definition) is 2. The van der Waals surface area contributed by atoms with Gasteiger partial charge in [-0.25, -0.2) is 0 Å². The molecule has 19 heavy (non-hydrogen) atoms. The Labute approximate surface area is 115 Å². The Morgan fingerprint density at radius 1 is 1.37 bits per heavy atom. The second-order valence-corrected chi connectivity index (χ2v) is 5.67. The van der Waals surface area contributed by atoms with Gasteiger partial charge in [-0.3, -0.25) is 9.59 Å². The molecule has 1 aliphatic heterocycles. The molecule has 1 saturated heterocycles. The van der Waals surface area contributed by atoms with Gasteiger partial charge in [0, 0.05) is 13.6 Å². The summed E-state index contributed by atoms with van der Waals surface area (Å²) in [5.74, 6) is 1.16. The van der Waals surface area contributed by atoms with Gasteiger partial charge in [-0.1, -0.05) is 13.3 Å². The zero-order valence-corrected chi connectivity index (χ0v) is 11.9. The van der Waals surface area contributed by atoms with Crippen molar-refractivity contribution in [2.24, 2.45) is 11.8 Å². The quantitative estimate of drug-likeness (QED) is 0.756. The summed E-state index contributed by atoms with van der Waals surface area (Å²) >= 11 is 0. The average Bonchev–Trinajstić information content (AvgIpc) is 2.99. The van der Waals surface area contributed by atoms with Crippen molar-refractivity contribution in [3.8, 4) is 0 Å². The molecule has 3 atom stereocenters. The summed E-state index contributed by atoms with van der Waals surface area (Å²) < 4.78 is 0. The lowest BCUT2D eigenvalue weighted by atomic mass is 9.93. The van der Waals surface area contributed by atoms with Crippen LogP contribution >= 0.6 is 0 Å². The van der Waals surface area contributed by atoms with Crippen LogP contribution in [0.25, 0.3) is 0 Å². The molecule has 0 aromatic rings. The topological polar surface area (TPSA) is 61.4 Å². The number of carbonyl (C=O) groups is 2. The van der Waals surface area contributed by atoms with Crippen molar-refractivity contribution in [2.75, 3.05) is 26.7 Å². The predicted octanol–water partition coefficient (Wildman–Crippen LogP) is 0.359. The molecule has 0 bridgehead atoms. The Hall–Kier alpha value is -1.10. The number of hydrogen-bond acceptors (Lipinski definition) is 3. The molecule has 3 unspecified atom stereocenters. The third-order valence-electron chi connectivity index (χ3n) is 4.43. The molecular formula is C14H25N3O2. The molecule has 5 nitrogen and oxygen atoms in total. The van der Waals surface area contributed by atoms with Gasteiger partial charge in [-0.05, 0) is 37.6 Å². The molecule has 2 aliphatic rings. The highest BCUT2D eigenvalue weighted by molar-refractivity contribution is 5.88. The fraction of sp³-hybridized carbons (Fsp3) is 0.857. The summed E-state index contributed by atoms with van der Waals surface area (Å²) in [7, 11) is 1.61. The van der Waals surface area contributed by atoms with Crippen LogP contribution in [0.2, 0.25) is 0 Å². The first-order valence-corrected chi connectivity index (χ1v) is 7.40. The van der Waals surface area contributed by atoms with E-state index in [0.717, 1.165) is 19.4 Å². The molecular weight excluding hydrogens is 242 g/mol. The molecule has 5 heteroatoms. The summed E-state index contributed by atoms with van der Waals surface area (Å²) in [6.07, 6.45) is 4.51. The zero-order valence-electron chi connectivity index (χ0n) is 11.9. The van der Waals surface area contributed by atoms with Crippen molar-refractivity contribution in [2.45, 2.75) is 38.6 Å². The average molecular weight is 267 g/mol. The van der Waals surface area contributed by atoms with Crippen LogP contribution in [0.1, 0.15) is 32.6 Å². The zero-order chi connectivity index (χ0) is 13.8. The van der Waals surface area contributed by atoms with Crippen molar-refractivity contribution in [1.82, 2.24) is 15.5 Å². The molecule has 1 heterocycles. The van der Waals surface area contributed by atoms with Gasteiger partial charge in [0.15, 0.2) is 0 Å². The maximum atomic E-state index is 12.6. The second-order valence-electron chi connectivity index (χ2n) is 5.67. The lowest BCUT2D eigenvalue weighted by Crippen LogP contribution is -2.49. The van der Waals surface area contributed by atoms with Gasteiger partial charge in [-0.2, -0.15) is 0 Å². The highest BCUT2D eigenvalue weighted by Crippen LogP contribution is 2.38. The van der Waals surface area contributed by atoms with Crippen molar-refractivity contribution < 1.29 is 9.59 Å².